The molecule has 0 spiro atoms. The third-order valence-electron chi connectivity index (χ3n) is 3.77. The van der Waals surface area contributed by atoms with Crippen molar-refractivity contribution in [2.75, 3.05) is 27.4 Å². The van der Waals surface area contributed by atoms with Crippen molar-refractivity contribution in [3.63, 3.8) is 0 Å². The maximum atomic E-state index is 5.41. The molecule has 1 aliphatic heterocycles. The normalized spacial score (nSPS) is 13.2. The maximum absolute atomic E-state index is 5.41. The number of aromatic nitrogens is 1. The molecule has 24 heavy (non-hydrogen) atoms. The zero-order chi connectivity index (χ0) is 16.9. The molecular weight excluding hydrogens is 324 g/mol. The largest absolute Gasteiger partial charge is 0.454 e. The molecule has 0 saturated carbocycles. The average molecular weight is 346 g/mol. The van der Waals surface area contributed by atoms with Crippen molar-refractivity contribution >= 4 is 17.3 Å². The Morgan fingerprint density at radius 1 is 1.38 bits per heavy atom. The Balaban J connectivity index is 1.50. The molecule has 1 aromatic heterocycles. The summed E-state index contributed by atoms with van der Waals surface area (Å²) in [7, 11) is 3.82. The fraction of sp³-hybridized carbons (Fsp3) is 0.412. The number of benzene rings is 1. The van der Waals surface area contributed by atoms with Gasteiger partial charge in [0.05, 0.1) is 17.2 Å². The zero-order valence-electron chi connectivity index (χ0n) is 14.2. The van der Waals surface area contributed by atoms with E-state index in [9.17, 15) is 0 Å². The molecule has 0 atom stereocenters. The van der Waals surface area contributed by atoms with Gasteiger partial charge in [0.2, 0.25) is 6.79 Å². The molecule has 0 amide bonds. The van der Waals surface area contributed by atoms with Crippen molar-refractivity contribution in [2.45, 2.75) is 19.9 Å². The van der Waals surface area contributed by atoms with Crippen molar-refractivity contribution in [1.29, 1.82) is 0 Å². The van der Waals surface area contributed by atoms with E-state index in [2.05, 4.69) is 31.6 Å². The van der Waals surface area contributed by atoms with E-state index >= 15 is 0 Å². The highest BCUT2D eigenvalue weighted by Gasteiger charge is 2.13. The van der Waals surface area contributed by atoms with E-state index < -0.39 is 0 Å². The lowest BCUT2D eigenvalue weighted by Crippen LogP contribution is -2.39. The fourth-order valence-corrected chi connectivity index (χ4v) is 3.20. The highest BCUT2D eigenvalue weighted by molar-refractivity contribution is 7.09. The summed E-state index contributed by atoms with van der Waals surface area (Å²) in [5.74, 6) is 2.51. The van der Waals surface area contributed by atoms with Gasteiger partial charge in [-0.25, -0.2) is 4.98 Å². The predicted octanol–water partition coefficient (Wildman–Crippen LogP) is 2.43. The number of hydrogen-bond acceptors (Lipinski definition) is 5. The number of guanidine groups is 1. The van der Waals surface area contributed by atoms with Crippen LogP contribution in [0.4, 0.5) is 0 Å². The third kappa shape index (κ3) is 3.97. The van der Waals surface area contributed by atoms with Gasteiger partial charge >= 0.3 is 0 Å². The molecule has 6 nitrogen and oxygen atoms in total. The van der Waals surface area contributed by atoms with Crippen molar-refractivity contribution in [3.8, 4) is 11.5 Å². The van der Waals surface area contributed by atoms with Crippen molar-refractivity contribution in [1.82, 2.24) is 15.2 Å². The quantitative estimate of drug-likeness (QED) is 0.666. The van der Waals surface area contributed by atoms with Crippen molar-refractivity contribution in [2.24, 2.45) is 4.99 Å². The van der Waals surface area contributed by atoms with E-state index in [1.54, 1.807) is 18.4 Å². The summed E-state index contributed by atoms with van der Waals surface area (Å²) in [4.78, 5) is 10.9. The van der Waals surface area contributed by atoms with E-state index in [0.29, 0.717) is 6.79 Å². The lowest BCUT2D eigenvalue weighted by Gasteiger charge is -2.21. The molecule has 0 unspecified atom stereocenters. The Morgan fingerprint density at radius 2 is 2.21 bits per heavy atom. The molecule has 2 aromatic rings. The Labute approximate surface area is 146 Å². The molecule has 0 fully saturated rings. The van der Waals surface area contributed by atoms with Gasteiger partial charge < -0.3 is 19.7 Å². The monoisotopic (exact) mass is 346 g/mol. The average Bonchev–Trinajstić information content (AvgIpc) is 3.19. The minimum atomic E-state index is 0.310. The minimum Gasteiger partial charge on any atom is -0.454 e. The standard InChI is InChI=1S/C17H22N4O2S/c1-12-20-14(10-24-12)9-21(3)17(18-2)19-7-6-13-4-5-15-16(8-13)23-11-22-15/h4-5,8,10H,6-7,9,11H2,1-3H3,(H,18,19). The van der Waals surface area contributed by atoms with Crippen LogP contribution in [0.2, 0.25) is 0 Å². The SMILES string of the molecule is CN=C(NCCc1ccc2c(c1)OCO2)N(C)Cc1csc(C)n1. The van der Waals surface area contributed by atoms with E-state index in [1.165, 1.54) is 5.56 Å². The molecular formula is C17H22N4O2S. The molecule has 1 aromatic carbocycles. The Morgan fingerprint density at radius 3 is 2.96 bits per heavy atom. The van der Waals surface area contributed by atoms with Crippen LogP contribution in [0.25, 0.3) is 0 Å². The number of fused-ring (bicyclic) bond motifs is 1. The van der Waals surface area contributed by atoms with Gasteiger partial charge in [-0.05, 0) is 31.0 Å². The highest BCUT2D eigenvalue weighted by atomic mass is 32.1. The van der Waals surface area contributed by atoms with Gasteiger partial charge in [-0.2, -0.15) is 0 Å². The van der Waals surface area contributed by atoms with Gasteiger partial charge in [-0.1, -0.05) is 6.07 Å². The third-order valence-corrected chi connectivity index (χ3v) is 4.60. The molecule has 0 aliphatic carbocycles. The number of aliphatic imine (C=N–C) groups is 1. The van der Waals surface area contributed by atoms with Gasteiger partial charge in [0, 0.05) is 26.0 Å². The van der Waals surface area contributed by atoms with Crippen molar-refractivity contribution in [3.05, 3.63) is 39.8 Å². The molecule has 2 heterocycles. The molecule has 1 N–H and O–H groups in total. The van der Waals surface area contributed by atoms with Crippen LogP contribution in [0.5, 0.6) is 11.5 Å². The highest BCUT2D eigenvalue weighted by Crippen LogP contribution is 2.32. The van der Waals surface area contributed by atoms with E-state index in [1.807, 2.05) is 26.1 Å². The maximum Gasteiger partial charge on any atom is 0.231 e. The number of aryl methyl sites for hydroxylation is 1. The lowest BCUT2D eigenvalue weighted by molar-refractivity contribution is 0.174. The van der Waals surface area contributed by atoms with Crippen LogP contribution < -0.4 is 14.8 Å². The van der Waals surface area contributed by atoms with Gasteiger partial charge in [0.25, 0.3) is 0 Å². The Bertz CT molecular complexity index is 729. The Hall–Kier alpha value is -2.28. The van der Waals surface area contributed by atoms with E-state index in [4.69, 9.17) is 9.47 Å². The summed E-state index contributed by atoms with van der Waals surface area (Å²) >= 11 is 1.67. The number of hydrogen-bond donors (Lipinski definition) is 1. The summed E-state index contributed by atoms with van der Waals surface area (Å²) in [5.41, 5.74) is 2.28. The molecule has 3 rings (SSSR count). The second-order valence-electron chi connectivity index (χ2n) is 5.63. The van der Waals surface area contributed by atoms with Gasteiger partial charge in [0.1, 0.15) is 0 Å². The smallest absolute Gasteiger partial charge is 0.231 e. The van der Waals surface area contributed by atoms with E-state index in [0.717, 1.165) is 47.7 Å². The second-order valence-corrected chi connectivity index (χ2v) is 6.69. The predicted molar refractivity (Wildman–Crippen MR) is 95.9 cm³/mol. The van der Waals surface area contributed by atoms with Gasteiger partial charge in [-0.15, -0.1) is 11.3 Å². The van der Waals surface area contributed by atoms with Crippen LogP contribution in [0, 0.1) is 6.92 Å². The number of nitrogens with zero attached hydrogens (tertiary/aromatic N) is 3. The van der Waals surface area contributed by atoms with Gasteiger partial charge in [0.15, 0.2) is 17.5 Å². The first-order valence-electron chi connectivity index (χ1n) is 7.87. The summed E-state index contributed by atoms with van der Waals surface area (Å²) in [5, 5.41) is 6.57. The van der Waals surface area contributed by atoms with Crippen LogP contribution >= 0.6 is 11.3 Å². The number of nitrogens with one attached hydrogen (secondary N) is 1. The van der Waals surface area contributed by atoms with Crippen LogP contribution in [0.1, 0.15) is 16.3 Å². The summed E-state index contributed by atoms with van der Waals surface area (Å²) in [6.45, 7) is 3.87. The van der Waals surface area contributed by atoms with Crippen LogP contribution in [-0.2, 0) is 13.0 Å². The first kappa shape index (κ1) is 16.6. The molecule has 128 valence electrons. The molecule has 0 radical (unpaired) electrons. The molecule has 0 bridgehead atoms. The Kier molecular flexibility index (Phi) is 5.20. The number of thiazole rings is 1. The number of ether oxygens (including phenoxy) is 2. The van der Waals surface area contributed by atoms with Gasteiger partial charge in [-0.3, -0.25) is 4.99 Å². The second kappa shape index (κ2) is 7.53. The first-order chi connectivity index (χ1) is 11.7. The molecule has 1 aliphatic rings. The first-order valence-corrected chi connectivity index (χ1v) is 8.75. The lowest BCUT2D eigenvalue weighted by atomic mass is 10.1. The molecule has 0 saturated heterocycles. The zero-order valence-corrected chi connectivity index (χ0v) is 15.0. The van der Waals surface area contributed by atoms with Crippen LogP contribution in [-0.4, -0.2) is 43.3 Å². The van der Waals surface area contributed by atoms with Crippen LogP contribution in [0.3, 0.4) is 0 Å². The summed E-state index contributed by atoms with van der Waals surface area (Å²) in [6, 6.07) is 6.07. The van der Waals surface area contributed by atoms with Crippen molar-refractivity contribution < 1.29 is 9.47 Å². The fourth-order valence-electron chi connectivity index (χ4n) is 2.60. The minimum absolute atomic E-state index is 0.310. The molecule has 7 heteroatoms. The summed E-state index contributed by atoms with van der Waals surface area (Å²) < 4.78 is 10.7. The topological polar surface area (TPSA) is 59.0 Å². The summed E-state index contributed by atoms with van der Waals surface area (Å²) in [6.07, 6.45) is 0.888. The number of rotatable bonds is 5. The van der Waals surface area contributed by atoms with E-state index in [-0.39, 0.29) is 0 Å². The van der Waals surface area contributed by atoms with Crippen LogP contribution in [0.15, 0.2) is 28.6 Å².